The van der Waals surface area contributed by atoms with Crippen molar-refractivity contribution in [3.63, 3.8) is 0 Å². The summed E-state index contributed by atoms with van der Waals surface area (Å²) in [5.41, 5.74) is 13.1. The van der Waals surface area contributed by atoms with Gasteiger partial charge in [0.05, 0.1) is 6.17 Å². The molecule has 0 saturated heterocycles. The average Bonchev–Trinajstić information content (AvgIpc) is 2.30. The summed E-state index contributed by atoms with van der Waals surface area (Å²) in [5, 5.41) is 0. The summed E-state index contributed by atoms with van der Waals surface area (Å²) in [7, 11) is -14.6. The van der Waals surface area contributed by atoms with E-state index < -0.39 is 30.4 Å². The van der Waals surface area contributed by atoms with Crippen LogP contribution < -0.4 is 11.5 Å². The third-order valence-electron chi connectivity index (χ3n) is 1.46. The van der Waals surface area contributed by atoms with Crippen LogP contribution in [0.25, 0.3) is 0 Å². The molecule has 0 aliphatic heterocycles. The molecule has 30 heavy (non-hydrogen) atoms. The Kier molecular flexibility index (Phi) is 20.2. The SMILES string of the molecule is CP(=O)(O)O.CP(=O)(O)O.CP(=O)(O)O.CP(=O)(O)O.Cc1ccc(C(N)N)cc1. The molecular weight excluding hydrogens is 488 g/mol. The van der Waals surface area contributed by atoms with Crippen LogP contribution in [0.4, 0.5) is 0 Å². The highest BCUT2D eigenvalue weighted by atomic mass is 31.2. The van der Waals surface area contributed by atoms with E-state index in [1.165, 1.54) is 5.56 Å². The molecule has 0 aliphatic carbocycles. The van der Waals surface area contributed by atoms with Gasteiger partial charge in [-0.3, -0.25) is 18.3 Å². The van der Waals surface area contributed by atoms with Gasteiger partial charge in [0.1, 0.15) is 0 Å². The van der Waals surface area contributed by atoms with Gasteiger partial charge < -0.3 is 50.6 Å². The van der Waals surface area contributed by atoms with Crippen molar-refractivity contribution in [1.82, 2.24) is 0 Å². The lowest BCUT2D eigenvalue weighted by atomic mass is 10.1. The smallest absolute Gasteiger partial charge is 0.322 e. The summed E-state index contributed by atoms with van der Waals surface area (Å²) >= 11 is 0. The summed E-state index contributed by atoms with van der Waals surface area (Å²) in [4.78, 5) is 61.1. The van der Waals surface area contributed by atoms with Gasteiger partial charge in [-0.15, -0.1) is 0 Å². The number of benzene rings is 1. The first-order valence-corrected chi connectivity index (χ1v) is 15.6. The van der Waals surface area contributed by atoms with Crippen LogP contribution in [-0.2, 0) is 18.3 Å². The summed E-state index contributed by atoms with van der Waals surface area (Å²) in [6, 6.07) is 7.89. The Morgan fingerprint density at radius 2 is 0.767 bits per heavy atom. The molecule has 0 saturated carbocycles. The first-order chi connectivity index (χ1) is 12.7. The van der Waals surface area contributed by atoms with Crippen LogP contribution in [0.5, 0.6) is 0 Å². The molecule has 0 heterocycles. The fraction of sp³-hybridized carbons (Fsp3) is 0.500. The topological polar surface area (TPSA) is 282 Å². The van der Waals surface area contributed by atoms with Gasteiger partial charge in [-0.05, 0) is 12.5 Å². The Balaban J connectivity index is -0.000000148. The number of nitrogens with two attached hydrogens (primary N) is 2. The van der Waals surface area contributed by atoms with E-state index in [1.54, 1.807) is 0 Å². The van der Waals surface area contributed by atoms with Gasteiger partial charge in [0.15, 0.2) is 0 Å². The molecule has 0 bridgehead atoms. The minimum atomic E-state index is -3.64. The van der Waals surface area contributed by atoms with Crippen LogP contribution in [0.3, 0.4) is 0 Å². The van der Waals surface area contributed by atoms with Crippen molar-refractivity contribution in [3.8, 4) is 0 Å². The zero-order valence-electron chi connectivity index (χ0n) is 17.0. The predicted octanol–water partition coefficient (Wildman–Crippen LogP) is 0.0866. The zero-order chi connectivity index (χ0) is 25.6. The molecule has 1 aromatic carbocycles. The highest BCUT2D eigenvalue weighted by molar-refractivity contribution is 7.51. The quantitative estimate of drug-likeness (QED) is 0.173. The molecular formula is C12H32N2O12P4. The van der Waals surface area contributed by atoms with Gasteiger partial charge in [0.2, 0.25) is 0 Å². The van der Waals surface area contributed by atoms with Gasteiger partial charge >= 0.3 is 30.4 Å². The molecule has 182 valence electrons. The van der Waals surface area contributed by atoms with Gasteiger partial charge in [-0.2, -0.15) is 0 Å². The fourth-order valence-electron chi connectivity index (χ4n) is 0.789. The second kappa shape index (κ2) is 16.4. The highest BCUT2D eigenvalue weighted by Gasteiger charge is 1.97. The van der Waals surface area contributed by atoms with E-state index in [2.05, 4.69) is 0 Å². The maximum Gasteiger partial charge on any atom is 0.322 e. The predicted molar refractivity (Wildman–Crippen MR) is 114 cm³/mol. The second-order valence-electron chi connectivity index (χ2n) is 5.78. The molecule has 14 nitrogen and oxygen atoms in total. The van der Waals surface area contributed by atoms with Gasteiger partial charge in [0, 0.05) is 26.7 Å². The van der Waals surface area contributed by atoms with E-state index in [-0.39, 0.29) is 6.17 Å². The molecule has 0 amide bonds. The summed E-state index contributed by atoms with van der Waals surface area (Å²) in [5.74, 6) is 0. The maximum atomic E-state index is 9.33. The van der Waals surface area contributed by atoms with E-state index in [4.69, 9.17) is 50.6 Å². The Bertz CT molecular complexity index is 634. The molecule has 0 radical (unpaired) electrons. The van der Waals surface area contributed by atoms with Crippen molar-refractivity contribution in [3.05, 3.63) is 35.4 Å². The summed E-state index contributed by atoms with van der Waals surface area (Å²) < 4.78 is 37.3. The molecule has 0 aromatic heterocycles. The zero-order valence-corrected chi connectivity index (χ0v) is 20.6. The Labute approximate surface area is 175 Å². The lowest BCUT2D eigenvalue weighted by Gasteiger charge is -2.04. The maximum absolute atomic E-state index is 9.33. The molecule has 0 spiro atoms. The van der Waals surface area contributed by atoms with E-state index in [0.29, 0.717) is 0 Å². The summed E-state index contributed by atoms with van der Waals surface area (Å²) in [6.07, 6.45) is -0.347. The largest absolute Gasteiger partial charge is 0.325 e. The molecule has 0 unspecified atom stereocenters. The molecule has 12 N–H and O–H groups in total. The minimum absolute atomic E-state index is 0.347. The van der Waals surface area contributed by atoms with Crippen LogP contribution in [0.15, 0.2) is 24.3 Å². The van der Waals surface area contributed by atoms with Crippen LogP contribution in [0, 0.1) is 6.92 Å². The second-order valence-corrected chi connectivity index (χ2v) is 12.5. The van der Waals surface area contributed by atoms with Crippen molar-refractivity contribution in [2.75, 3.05) is 26.7 Å². The minimum Gasteiger partial charge on any atom is -0.325 e. The highest BCUT2D eigenvalue weighted by Crippen LogP contribution is 2.27. The molecule has 0 atom stereocenters. The molecule has 1 rings (SSSR count). The van der Waals surface area contributed by atoms with Gasteiger partial charge in [-0.1, -0.05) is 29.8 Å². The van der Waals surface area contributed by atoms with Crippen molar-refractivity contribution in [1.29, 1.82) is 0 Å². The Hall–Kier alpha value is -0.260. The number of aryl methyl sites for hydroxylation is 1. The van der Waals surface area contributed by atoms with Crippen LogP contribution >= 0.6 is 30.4 Å². The van der Waals surface area contributed by atoms with Crippen molar-refractivity contribution < 1.29 is 57.4 Å². The first kappa shape index (κ1) is 37.1. The first-order valence-electron chi connectivity index (χ1n) is 7.40. The lowest BCUT2D eigenvalue weighted by Crippen LogP contribution is -2.19. The third kappa shape index (κ3) is 105. The van der Waals surface area contributed by atoms with Crippen molar-refractivity contribution >= 4 is 30.4 Å². The van der Waals surface area contributed by atoms with E-state index >= 15 is 0 Å². The normalized spacial score (nSPS) is 11.3. The van der Waals surface area contributed by atoms with Crippen molar-refractivity contribution in [2.24, 2.45) is 11.5 Å². The summed E-state index contributed by atoms with van der Waals surface area (Å²) in [6.45, 7) is 5.45. The van der Waals surface area contributed by atoms with E-state index in [9.17, 15) is 18.3 Å². The average molecular weight is 520 g/mol. The van der Waals surface area contributed by atoms with Crippen molar-refractivity contribution in [2.45, 2.75) is 13.1 Å². The molecule has 0 fully saturated rings. The van der Waals surface area contributed by atoms with E-state index in [0.717, 1.165) is 32.2 Å². The molecule has 0 aliphatic rings. The van der Waals surface area contributed by atoms with Gasteiger partial charge in [-0.25, -0.2) is 0 Å². The van der Waals surface area contributed by atoms with E-state index in [1.807, 2.05) is 31.2 Å². The molecule has 18 heteroatoms. The lowest BCUT2D eigenvalue weighted by molar-refractivity contribution is 0.379. The monoisotopic (exact) mass is 520 g/mol. The number of hydrogen-bond donors (Lipinski definition) is 10. The number of rotatable bonds is 1. The van der Waals surface area contributed by atoms with Crippen LogP contribution in [0.1, 0.15) is 17.3 Å². The fourth-order valence-corrected chi connectivity index (χ4v) is 0.789. The van der Waals surface area contributed by atoms with Crippen LogP contribution in [-0.4, -0.2) is 65.8 Å². The molecule has 1 aromatic rings. The number of hydrogen-bond acceptors (Lipinski definition) is 6. The standard InChI is InChI=1S/C8H12N2.4CH5O3P/c1-6-2-4-7(5-3-6)8(9)10;4*1-5(2,3)4/h2-5,8H,9-10H2,1H3;4*1H3,(H2,2,3,4). The third-order valence-corrected chi connectivity index (χ3v) is 1.46. The Morgan fingerprint density at radius 3 is 0.900 bits per heavy atom. The Morgan fingerprint density at radius 1 is 0.600 bits per heavy atom. The van der Waals surface area contributed by atoms with Crippen LogP contribution in [0.2, 0.25) is 0 Å². The van der Waals surface area contributed by atoms with Gasteiger partial charge in [0.25, 0.3) is 0 Å².